The van der Waals surface area contributed by atoms with Gasteiger partial charge in [-0.15, -0.1) is 5.10 Å². The summed E-state index contributed by atoms with van der Waals surface area (Å²) in [5.41, 5.74) is 1.61. The highest BCUT2D eigenvalue weighted by atomic mass is 35.5. The SMILES string of the molecule is COc1ccc(CC(=O)Nc2nc3n(n2)C(c2ccc(Cl)cc2)CC(=O)N3)cc1OC. The van der Waals surface area contributed by atoms with Crippen LogP contribution in [-0.4, -0.2) is 40.8 Å². The minimum atomic E-state index is -0.343. The van der Waals surface area contributed by atoms with Crippen molar-refractivity contribution in [3.8, 4) is 11.5 Å². The summed E-state index contributed by atoms with van der Waals surface area (Å²) in [7, 11) is 3.08. The molecule has 3 aromatic rings. The van der Waals surface area contributed by atoms with Gasteiger partial charge in [-0.05, 0) is 35.4 Å². The predicted octanol–water partition coefficient (Wildman–Crippen LogP) is 3.06. The smallest absolute Gasteiger partial charge is 0.250 e. The van der Waals surface area contributed by atoms with Gasteiger partial charge in [-0.3, -0.25) is 20.2 Å². The number of methoxy groups -OCH3 is 2. The largest absolute Gasteiger partial charge is 0.493 e. The van der Waals surface area contributed by atoms with Crippen molar-refractivity contribution >= 4 is 35.3 Å². The van der Waals surface area contributed by atoms with Gasteiger partial charge in [-0.2, -0.15) is 4.98 Å². The zero-order valence-corrected chi connectivity index (χ0v) is 17.6. The van der Waals surface area contributed by atoms with Crippen LogP contribution in [0.15, 0.2) is 42.5 Å². The van der Waals surface area contributed by atoms with E-state index in [0.29, 0.717) is 16.5 Å². The lowest BCUT2D eigenvalue weighted by Crippen LogP contribution is -2.29. The Morgan fingerprint density at radius 3 is 2.65 bits per heavy atom. The number of carbonyl (C=O) groups excluding carboxylic acids is 2. The van der Waals surface area contributed by atoms with Gasteiger partial charge in [-0.25, -0.2) is 4.68 Å². The van der Waals surface area contributed by atoms with Crippen LogP contribution in [0, 0.1) is 0 Å². The van der Waals surface area contributed by atoms with Crippen LogP contribution in [0.3, 0.4) is 0 Å². The van der Waals surface area contributed by atoms with Crippen molar-refractivity contribution in [2.45, 2.75) is 18.9 Å². The van der Waals surface area contributed by atoms with E-state index in [1.807, 2.05) is 12.1 Å². The fraction of sp³-hybridized carbons (Fsp3) is 0.238. The fourth-order valence-corrected chi connectivity index (χ4v) is 3.53. The number of hydrogen-bond acceptors (Lipinski definition) is 6. The number of nitrogens with zero attached hydrogens (tertiary/aromatic N) is 3. The highest BCUT2D eigenvalue weighted by molar-refractivity contribution is 6.30. The molecule has 0 bridgehead atoms. The maximum absolute atomic E-state index is 12.5. The van der Waals surface area contributed by atoms with Crippen LogP contribution in [0.4, 0.5) is 11.9 Å². The summed E-state index contributed by atoms with van der Waals surface area (Å²) >= 11 is 5.97. The summed E-state index contributed by atoms with van der Waals surface area (Å²) in [4.78, 5) is 28.9. The first-order valence-corrected chi connectivity index (χ1v) is 9.87. The second kappa shape index (κ2) is 8.65. The number of aromatic nitrogens is 3. The lowest BCUT2D eigenvalue weighted by atomic mass is 10.0. The Morgan fingerprint density at radius 2 is 1.94 bits per heavy atom. The van der Waals surface area contributed by atoms with Crippen LogP contribution < -0.4 is 20.1 Å². The average Bonchev–Trinajstić information content (AvgIpc) is 3.15. The number of hydrogen-bond donors (Lipinski definition) is 2. The van der Waals surface area contributed by atoms with Crippen molar-refractivity contribution in [2.75, 3.05) is 24.9 Å². The van der Waals surface area contributed by atoms with Gasteiger partial charge in [0, 0.05) is 5.02 Å². The first-order chi connectivity index (χ1) is 15.0. The molecule has 9 nitrogen and oxygen atoms in total. The molecule has 0 aliphatic carbocycles. The van der Waals surface area contributed by atoms with Gasteiger partial charge in [0.2, 0.25) is 17.8 Å². The van der Waals surface area contributed by atoms with E-state index >= 15 is 0 Å². The molecule has 1 aromatic heterocycles. The third-order valence-corrected chi connectivity index (χ3v) is 5.13. The normalized spacial score (nSPS) is 15.1. The predicted molar refractivity (Wildman–Crippen MR) is 115 cm³/mol. The second-order valence-electron chi connectivity index (χ2n) is 6.94. The van der Waals surface area contributed by atoms with Gasteiger partial charge in [0.05, 0.1) is 33.1 Å². The molecule has 1 aliphatic heterocycles. The zero-order chi connectivity index (χ0) is 22.0. The summed E-state index contributed by atoms with van der Waals surface area (Å²) in [5.74, 6) is 1.03. The first-order valence-electron chi connectivity index (χ1n) is 9.49. The summed E-state index contributed by atoms with van der Waals surface area (Å²) in [5, 5.41) is 10.4. The number of benzene rings is 2. The Bertz CT molecular complexity index is 1130. The maximum Gasteiger partial charge on any atom is 0.250 e. The number of fused-ring (bicyclic) bond motifs is 1. The van der Waals surface area contributed by atoms with Crippen LogP contribution >= 0.6 is 11.6 Å². The Morgan fingerprint density at radius 1 is 1.19 bits per heavy atom. The lowest BCUT2D eigenvalue weighted by molar-refractivity contribution is -0.117. The van der Waals surface area contributed by atoms with Crippen molar-refractivity contribution in [3.63, 3.8) is 0 Å². The summed E-state index contributed by atoms with van der Waals surface area (Å²) < 4.78 is 12.1. The third kappa shape index (κ3) is 4.46. The Balaban J connectivity index is 1.51. The van der Waals surface area contributed by atoms with Gasteiger partial charge >= 0.3 is 0 Å². The third-order valence-electron chi connectivity index (χ3n) is 4.88. The average molecular weight is 442 g/mol. The highest BCUT2D eigenvalue weighted by Crippen LogP contribution is 2.31. The molecule has 160 valence electrons. The molecular formula is C21H20ClN5O4. The molecule has 0 spiro atoms. The number of ether oxygens (including phenoxy) is 2. The van der Waals surface area contributed by atoms with E-state index < -0.39 is 0 Å². The van der Waals surface area contributed by atoms with E-state index in [2.05, 4.69) is 20.7 Å². The van der Waals surface area contributed by atoms with E-state index in [9.17, 15) is 9.59 Å². The second-order valence-corrected chi connectivity index (χ2v) is 7.37. The molecule has 4 rings (SSSR count). The number of carbonyl (C=O) groups is 2. The van der Waals surface area contributed by atoms with Gasteiger partial charge in [0.15, 0.2) is 11.5 Å². The molecule has 1 aliphatic rings. The Hall–Kier alpha value is -3.59. The minimum Gasteiger partial charge on any atom is -0.493 e. The number of halogens is 1. The summed E-state index contributed by atoms with van der Waals surface area (Å²) in [6, 6.07) is 12.1. The Labute approximate surface area is 183 Å². The highest BCUT2D eigenvalue weighted by Gasteiger charge is 2.29. The number of amides is 2. The van der Waals surface area contributed by atoms with E-state index in [1.54, 1.807) is 42.1 Å². The van der Waals surface area contributed by atoms with E-state index in [4.69, 9.17) is 21.1 Å². The standard InChI is InChI=1S/C21H20ClN5O4/c1-30-16-8-3-12(9-17(16)31-2)10-18(28)23-20-25-21-24-19(29)11-15(27(21)26-20)13-4-6-14(22)7-5-13/h3-9,15H,10-11H2,1-2H3,(H2,23,24,25,26,28,29). The zero-order valence-electron chi connectivity index (χ0n) is 16.9. The van der Waals surface area contributed by atoms with Crippen molar-refractivity contribution in [3.05, 3.63) is 58.6 Å². The van der Waals surface area contributed by atoms with Crippen LogP contribution in [0.2, 0.25) is 5.02 Å². The molecule has 1 unspecified atom stereocenters. The van der Waals surface area contributed by atoms with Crippen LogP contribution in [0.5, 0.6) is 11.5 Å². The molecule has 2 heterocycles. The number of rotatable bonds is 6. The molecule has 0 saturated heterocycles. The molecular weight excluding hydrogens is 422 g/mol. The molecule has 31 heavy (non-hydrogen) atoms. The quantitative estimate of drug-likeness (QED) is 0.608. The van der Waals surface area contributed by atoms with Gasteiger partial charge in [0.1, 0.15) is 0 Å². The molecule has 2 N–H and O–H groups in total. The van der Waals surface area contributed by atoms with Crippen LogP contribution in [0.25, 0.3) is 0 Å². The van der Waals surface area contributed by atoms with Gasteiger partial charge in [-0.1, -0.05) is 29.8 Å². The minimum absolute atomic E-state index is 0.0944. The topological polar surface area (TPSA) is 107 Å². The first kappa shape index (κ1) is 20.7. The van der Waals surface area contributed by atoms with E-state index in [0.717, 1.165) is 11.1 Å². The number of anilines is 2. The van der Waals surface area contributed by atoms with E-state index in [-0.39, 0.29) is 42.6 Å². The fourth-order valence-electron chi connectivity index (χ4n) is 3.41. The maximum atomic E-state index is 12.5. The molecule has 10 heteroatoms. The van der Waals surface area contributed by atoms with E-state index in [1.165, 1.54) is 7.11 Å². The number of nitrogens with one attached hydrogen (secondary N) is 2. The van der Waals surface area contributed by atoms with Crippen LogP contribution in [-0.2, 0) is 16.0 Å². The molecule has 0 saturated carbocycles. The molecule has 0 fully saturated rings. The van der Waals surface area contributed by atoms with Gasteiger partial charge < -0.3 is 9.47 Å². The molecule has 2 amide bonds. The van der Waals surface area contributed by atoms with Crippen molar-refractivity contribution in [1.82, 2.24) is 14.8 Å². The van der Waals surface area contributed by atoms with Gasteiger partial charge in [0.25, 0.3) is 5.95 Å². The monoisotopic (exact) mass is 441 g/mol. The van der Waals surface area contributed by atoms with Crippen molar-refractivity contribution in [2.24, 2.45) is 0 Å². The summed E-state index contributed by atoms with van der Waals surface area (Å²) in [6.45, 7) is 0. The summed E-state index contributed by atoms with van der Waals surface area (Å²) in [6.07, 6.45) is 0.300. The molecule has 1 atom stereocenters. The van der Waals surface area contributed by atoms with Crippen molar-refractivity contribution < 1.29 is 19.1 Å². The molecule has 2 aromatic carbocycles. The molecule has 0 radical (unpaired) electrons. The lowest BCUT2D eigenvalue weighted by Gasteiger charge is -2.23. The van der Waals surface area contributed by atoms with Crippen molar-refractivity contribution in [1.29, 1.82) is 0 Å². The Kier molecular flexibility index (Phi) is 5.77. The van der Waals surface area contributed by atoms with Crippen LogP contribution in [0.1, 0.15) is 23.6 Å².